The van der Waals surface area contributed by atoms with E-state index in [1.54, 1.807) is 6.92 Å². The van der Waals surface area contributed by atoms with Gasteiger partial charge in [-0.15, -0.1) is 0 Å². The predicted octanol–water partition coefficient (Wildman–Crippen LogP) is 2.13. The van der Waals surface area contributed by atoms with Crippen molar-refractivity contribution in [2.24, 2.45) is 0 Å². The van der Waals surface area contributed by atoms with E-state index in [1.165, 1.54) is 0 Å². The molecule has 0 radical (unpaired) electrons. The summed E-state index contributed by atoms with van der Waals surface area (Å²) in [5.41, 5.74) is 0.462. The van der Waals surface area contributed by atoms with Crippen LogP contribution in [0.3, 0.4) is 0 Å². The molecule has 0 spiro atoms. The van der Waals surface area contributed by atoms with Gasteiger partial charge in [0.25, 0.3) is 0 Å². The van der Waals surface area contributed by atoms with E-state index in [0.717, 1.165) is 19.5 Å². The van der Waals surface area contributed by atoms with Gasteiger partial charge in [0.2, 0.25) is 0 Å². The zero-order valence-corrected chi connectivity index (χ0v) is 9.85. The van der Waals surface area contributed by atoms with Gasteiger partial charge >= 0.3 is 5.97 Å². The van der Waals surface area contributed by atoms with Gasteiger partial charge in [-0.25, -0.2) is 4.79 Å². The SMILES string of the molecule is C=C(C)C(=O)OCCC.CCNCC. The topological polar surface area (TPSA) is 38.3 Å². The average Bonchev–Trinajstić information content (AvgIpc) is 2.16. The summed E-state index contributed by atoms with van der Waals surface area (Å²) in [6, 6.07) is 0. The number of rotatable bonds is 5. The third-order valence-electron chi connectivity index (χ3n) is 1.29. The van der Waals surface area contributed by atoms with Crippen LogP contribution in [0.5, 0.6) is 0 Å². The Morgan fingerprint density at radius 2 is 1.79 bits per heavy atom. The normalized spacial score (nSPS) is 8.57. The quantitative estimate of drug-likeness (QED) is 0.547. The third-order valence-corrected chi connectivity index (χ3v) is 1.29. The molecule has 0 aliphatic heterocycles. The van der Waals surface area contributed by atoms with E-state index in [2.05, 4.69) is 25.7 Å². The van der Waals surface area contributed by atoms with Gasteiger partial charge in [0.1, 0.15) is 0 Å². The van der Waals surface area contributed by atoms with Crippen molar-refractivity contribution in [3.05, 3.63) is 12.2 Å². The van der Waals surface area contributed by atoms with Crippen LogP contribution in [-0.2, 0) is 9.53 Å². The van der Waals surface area contributed by atoms with E-state index in [9.17, 15) is 4.79 Å². The second-order valence-electron chi connectivity index (χ2n) is 2.87. The highest BCUT2D eigenvalue weighted by molar-refractivity contribution is 5.86. The Bertz CT molecular complexity index is 153. The summed E-state index contributed by atoms with van der Waals surface area (Å²) in [6.07, 6.45) is 0.860. The highest BCUT2D eigenvalue weighted by Gasteiger charge is 1.99. The summed E-state index contributed by atoms with van der Waals surface area (Å²) in [6.45, 7) is 13.9. The zero-order chi connectivity index (χ0) is 11.4. The number of hydrogen-bond donors (Lipinski definition) is 1. The van der Waals surface area contributed by atoms with E-state index >= 15 is 0 Å². The first-order valence-electron chi connectivity index (χ1n) is 5.13. The largest absolute Gasteiger partial charge is 0.462 e. The molecular formula is C11H23NO2. The van der Waals surface area contributed by atoms with Crippen molar-refractivity contribution in [1.82, 2.24) is 5.32 Å². The monoisotopic (exact) mass is 201 g/mol. The Labute approximate surface area is 87.5 Å². The van der Waals surface area contributed by atoms with Crippen molar-refractivity contribution in [2.75, 3.05) is 19.7 Å². The molecule has 3 nitrogen and oxygen atoms in total. The summed E-state index contributed by atoms with van der Waals surface area (Å²) in [7, 11) is 0. The Hall–Kier alpha value is -0.830. The lowest BCUT2D eigenvalue weighted by Crippen LogP contribution is -2.09. The number of esters is 1. The molecule has 0 aromatic carbocycles. The van der Waals surface area contributed by atoms with Crippen LogP contribution in [0.1, 0.15) is 34.1 Å². The van der Waals surface area contributed by atoms with Gasteiger partial charge in [-0.1, -0.05) is 27.4 Å². The second kappa shape index (κ2) is 12.2. The van der Waals surface area contributed by atoms with Crippen LogP contribution in [-0.4, -0.2) is 25.7 Å². The van der Waals surface area contributed by atoms with Gasteiger partial charge in [0, 0.05) is 5.57 Å². The van der Waals surface area contributed by atoms with E-state index in [-0.39, 0.29) is 5.97 Å². The zero-order valence-electron chi connectivity index (χ0n) is 9.85. The minimum absolute atomic E-state index is 0.295. The van der Waals surface area contributed by atoms with Crippen LogP contribution in [0, 0.1) is 0 Å². The number of hydrogen-bond acceptors (Lipinski definition) is 3. The lowest BCUT2D eigenvalue weighted by molar-refractivity contribution is -0.138. The highest BCUT2D eigenvalue weighted by atomic mass is 16.5. The summed E-state index contributed by atoms with van der Waals surface area (Å²) in [5, 5.41) is 3.11. The van der Waals surface area contributed by atoms with Crippen molar-refractivity contribution >= 4 is 5.97 Å². The summed E-state index contributed by atoms with van der Waals surface area (Å²) in [4.78, 5) is 10.6. The van der Waals surface area contributed by atoms with Crippen LogP contribution in [0.4, 0.5) is 0 Å². The standard InChI is InChI=1S/C7H12O2.C4H11N/c1-4-5-9-7(8)6(2)3;1-3-5-4-2/h2,4-5H2,1,3H3;5H,3-4H2,1-2H3. The van der Waals surface area contributed by atoms with Crippen LogP contribution in [0.15, 0.2) is 12.2 Å². The van der Waals surface area contributed by atoms with Gasteiger partial charge < -0.3 is 10.1 Å². The molecule has 1 N–H and O–H groups in total. The van der Waals surface area contributed by atoms with Gasteiger partial charge in [0.15, 0.2) is 0 Å². The molecule has 0 aliphatic rings. The van der Waals surface area contributed by atoms with Crippen LogP contribution in [0.25, 0.3) is 0 Å². The molecule has 14 heavy (non-hydrogen) atoms. The predicted molar refractivity (Wildman–Crippen MR) is 60.3 cm³/mol. The fraction of sp³-hybridized carbons (Fsp3) is 0.727. The molecule has 0 saturated heterocycles. The molecule has 0 aromatic rings. The minimum Gasteiger partial charge on any atom is -0.462 e. The fourth-order valence-corrected chi connectivity index (χ4v) is 0.568. The lowest BCUT2D eigenvalue weighted by atomic mass is 10.4. The van der Waals surface area contributed by atoms with Crippen molar-refractivity contribution in [3.8, 4) is 0 Å². The van der Waals surface area contributed by atoms with Crippen LogP contribution < -0.4 is 5.32 Å². The Morgan fingerprint density at radius 1 is 1.29 bits per heavy atom. The van der Waals surface area contributed by atoms with Gasteiger partial charge in [-0.05, 0) is 26.4 Å². The van der Waals surface area contributed by atoms with E-state index in [4.69, 9.17) is 4.74 Å². The summed E-state index contributed by atoms with van der Waals surface area (Å²) >= 11 is 0. The van der Waals surface area contributed by atoms with Crippen LogP contribution in [0.2, 0.25) is 0 Å². The van der Waals surface area contributed by atoms with E-state index < -0.39 is 0 Å². The molecule has 0 fully saturated rings. The van der Waals surface area contributed by atoms with Crippen molar-refractivity contribution < 1.29 is 9.53 Å². The smallest absolute Gasteiger partial charge is 0.333 e. The Balaban J connectivity index is 0. The molecule has 0 atom stereocenters. The van der Waals surface area contributed by atoms with Crippen LogP contribution >= 0.6 is 0 Å². The molecule has 0 aromatic heterocycles. The number of carbonyl (C=O) groups is 1. The Kier molecular flexibility index (Phi) is 13.6. The van der Waals surface area contributed by atoms with E-state index in [1.807, 2.05) is 6.92 Å². The van der Waals surface area contributed by atoms with Gasteiger partial charge in [0.05, 0.1) is 6.61 Å². The summed E-state index contributed by atoms with van der Waals surface area (Å²) in [5.74, 6) is -0.295. The molecule has 0 saturated carbocycles. The second-order valence-corrected chi connectivity index (χ2v) is 2.87. The van der Waals surface area contributed by atoms with Crippen molar-refractivity contribution in [3.63, 3.8) is 0 Å². The first-order valence-corrected chi connectivity index (χ1v) is 5.13. The number of nitrogens with one attached hydrogen (secondary N) is 1. The number of carbonyl (C=O) groups excluding carboxylic acids is 1. The molecule has 3 heteroatoms. The molecule has 0 aliphatic carbocycles. The first kappa shape index (κ1) is 15.6. The van der Waals surface area contributed by atoms with Gasteiger partial charge in [-0.3, -0.25) is 0 Å². The average molecular weight is 201 g/mol. The highest BCUT2D eigenvalue weighted by Crippen LogP contribution is 1.91. The molecule has 0 heterocycles. The molecule has 0 rings (SSSR count). The van der Waals surface area contributed by atoms with Crippen molar-refractivity contribution in [1.29, 1.82) is 0 Å². The maximum Gasteiger partial charge on any atom is 0.333 e. The van der Waals surface area contributed by atoms with E-state index in [0.29, 0.717) is 12.2 Å². The maximum absolute atomic E-state index is 10.6. The Morgan fingerprint density at radius 3 is 2.00 bits per heavy atom. The van der Waals surface area contributed by atoms with Gasteiger partial charge in [-0.2, -0.15) is 0 Å². The third kappa shape index (κ3) is 13.7. The molecule has 0 unspecified atom stereocenters. The molecule has 0 amide bonds. The lowest BCUT2D eigenvalue weighted by Gasteiger charge is -1.99. The molecular weight excluding hydrogens is 178 g/mol. The number of ether oxygens (including phenoxy) is 1. The fourth-order valence-electron chi connectivity index (χ4n) is 0.568. The van der Waals surface area contributed by atoms with Crippen molar-refractivity contribution in [2.45, 2.75) is 34.1 Å². The molecule has 0 bridgehead atoms. The molecule has 84 valence electrons. The summed E-state index contributed by atoms with van der Waals surface area (Å²) < 4.78 is 4.71. The minimum atomic E-state index is -0.295. The maximum atomic E-state index is 10.6. The first-order chi connectivity index (χ1) is 6.59.